The van der Waals surface area contributed by atoms with Crippen LogP contribution in [0, 0.1) is 0 Å². The van der Waals surface area contributed by atoms with Crippen molar-refractivity contribution in [2.24, 2.45) is 0 Å². The first-order valence-corrected chi connectivity index (χ1v) is 7.82. The Balaban J connectivity index is 1.81. The van der Waals surface area contributed by atoms with Crippen LogP contribution in [0.1, 0.15) is 18.4 Å². The van der Waals surface area contributed by atoms with Crippen LogP contribution in [-0.4, -0.2) is 25.6 Å². The average Bonchev–Trinajstić information content (AvgIpc) is 2.26. The Morgan fingerprint density at radius 2 is 1.88 bits per heavy atom. The SMILES string of the molecule is O=S(=O)(CCc1ccccc1)NC1CC(Cl)C1. The maximum atomic E-state index is 11.8. The second-order valence-corrected chi connectivity index (χ2v) is 6.93. The van der Waals surface area contributed by atoms with Gasteiger partial charge in [-0.1, -0.05) is 30.3 Å². The normalized spacial score (nSPS) is 24.3. The fourth-order valence-corrected chi connectivity index (χ4v) is 3.61. The van der Waals surface area contributed by atoms with Crippen LogP contribution < -0.4 is 4.72 Å². The summed E-state index contributed by atoms with van der Waals surface area (Å²) in [6.45, 7) is 0. The highest BCUT2D eigenvalue weighted by atomic mass is 35.5. The fraction of sp³-hybridized carbons (Fsp3) is 0.500. The average molecular weight is 274 g/mol. The first-order chi connectivity index (χ1) is 8.05. The zero-order valence-corrected chi connectivity index (χ0v) is 11.0. The summed E-state index contributed by atoms with van der Waals surface area (Å²) in [7, 11) is -3.17. The Kier molecular flexibility index (Phi) is 4.07. The smallest absolute Gasteiger partial charge is 0.212 e. The predicted octanol–water partition coefficient (Wildman–Crippen LogP) is 1.92. The highest BCUT2D eigenvalue weighted by Crippen LogP contribution is 2.25. The molecule has 0 spiro atoms. The van der Waals surface area contributed by atoms with E-state index in [9.17, 15) is 8.42 Å². The van der Waals surface area contributed by atoms with E-state index >= 15 is 0 Å². The highest BCUT2D eigenvalue weighted by Gasteiger charge is 2.30. The van der Waals surface area contributed by atoms with Gasteiger partial charge in [0.2, 0.25) is 10.0 Å². The van der Waals surface area contributed by atoms with E-state index in [2.05, 4.69) is 4.72 Å². The zero-order valence-electron chi connectivity index (χ0n) is 9.47. The predicted molar refractivity (Wildman–Crippen MR) is 69.7 cm³/mol. The van der Waals surface area contributed by atoms with E-state index in [0.717, 1.165) is 18.4 Å². The van der Waals surface area contributed by atoms with Crippen molar-refractivity contribution in [1.29, 1.82) is 0 Å². The van der Waals surface area contributed by atoms with Crippen LogP contribution in [0.25, 0.3) is 0 Å². The highest BCUT2D eigenvalue weighted by molar-refractivity contribution is 7.89. The maximum Gasteiger partial charge on any atom is 0.212 e. The molecule has 1 aliphatic carbocycles. The molecule has 17 heavy (non-hydrogen) atoms. The Hall–Kier alpha value is -0.580. The Morgan fingerprint density at radius 3 is 2.47 bits per heavy atom. The summed E-state index contributed by atoms with van der Waals surface area (Å²) >= 11 is 5.81. The Morgan fingerprint density at radius 1 is 1.24 bits per heavy atom. The number of sulfonamides is 1. The van der Waals surface area contributed by atoms with Crippen molar-refractivity contribution < 1.29 is 8.42 Å². The molecule has 1 fully saturated rings. The minimum Gasteiger partial charge on any atom is -0.212 e. The molecule has 0 aliphatic heterocycles. The van der Waals surface area contributed by atoms with Crippen LogP contribution >= 0.6 is 11.6 Å². The van der Waals surface area contributed by atoms with Gasteiger partial charge in [-0.15, -0.1) is 11.6 Å². The molecule has 5 heteroatoms. The molecule has 0 saturated heterocycles. The molecule has 1 saturated carbocycles. The minimum atomic E-state index is -3.17. The van der Waals surface area contributed by atoms with Gasteiger partial charge >= 0.3 is 0 Å². The third kappa shape index (κ3) is 3.98. The molecule has 3 nitrogen and oxygen atoms in total. The van der Waals surface area contributed by atoms with E-state index in [1.807, 2.05) is 30.3 Å². The largest absolute Gasteiger partial charge is 0.212 e. The van der Waals surface area contributed by atoms with Gasteiger partial charge in [-0.25, -0.2) is 13.1 Å². The van der Waals surface area contributed by atoms with Crippen LogP contribution in [0.4, 0.5) is 0 Å². The quantitative estimate of drug-likeness (QED) is 0.833. The number of hydrogen-bond donors (Lipinski definition) is 1. The third-order valence-electron chi connectivity index (χ3n) is 2.93. The zero-order chi connectivity index (χ0) is 12.3. The number of nitrogens with one attached hydrogen (secondary N) is 1. The van der Waals surface area contributed by atoms with E-state index in [4.69, 9.17) is 11.6 Å². The van der Waals surface area contributed by atoms with E-state index in [1.165, 1.54) is 0 Å². The minimum absolute atomic E-state index is 0.0401. The van der Waals surface area contributed by atoms with E-state index in [1.54, 1.807) is 0 Å². The maximum absolute atomic E-state index is 11.8. The van der Waals surface area contributed by atoms with Gasteiger partial charge in [0.05, 0.1) is 5.75 Å². The van der Waals surface area contributed by atoms with Crippen molar-refractivity contribution in [3.63, 3.8) is 0 Å². The molecule has 0 aromatic heterocycles. The van der Waals surface area contributed by atoms with Crippen molar-refractivity contribution in [3.05, 3.63) is 35.9 Å². The number of halogens is 1. The summed E-state index contributed by atoms with van der Waals surface area (Å²) in [6, 6.07) is 9.67. The lowest BCUT2D eigenvalue weighted by Crippen LogP contribution is -2.45. The number of alkyl halides is 1. The standard InChI is InChI=1S/C12H16ClNO2S/c13-11-8-12(9-11)14-17(15,16)7-6-10-4-2-1-3-5-10/h1-5,11-12,14H,6-9H2. The molecule has 0 unspecified atom stereocenters. The molecule has 1 N–H and O–H groups in total. The summed E-state index contributed by atoms with van der Waals surface area (Å²) in [4.78, 5) is 0. The summed E-state index contributed by atoms with van der Waals surface area (Å²) in [5.74, 6) is 0.139. The number of benzene rings is 1. The molecule has 1 aromatic rings. The van der Waals surface area contributed by atoms with Gasteiger partial charge in [-0.2, -0.15) is 0 Å². The lowest BCUT2D eigenvalue weighted by molar-refractivity contribution is 0.391. The first-order valence-electron chi connectivity index (χ1n) is 5.73. The molecule has 0 amide bonds. The van der Waals surface area contributed by atoms with E-state index in [-0.39, 0.29) is 17.2 Å². The van der Waals surface area contributed by atoms with Crippen LogP contribution in [0.3, 0.4) is 0 Å². The summed E-state index contributed by atoms with van der Waals surface area (Å²) < 4.78 is 26.2. The number of rotatable bonds is 5. The molecule has 1 aromatic carbocycles. The van der Waals surface area contributed by atoms with Crippen molar-refractivity contribution in [2.45, 2.75) is 30.7 Å². The molecule has 0 bridgehead atoms. The monoisotopic (exact) mass is 273 g/mol. The van der Waals surface area contributed by atoms with Gasteiger partial charge in [0.15, 0.2) is 0 Å². The molecule has 1 aliphatic rings. The van der Waals surface area contributed by atoms with Crippen LogP contribution in [0.5, 0.6) is 0 Å². The van der Waals surface area contributed by atoms with Gasteiger partial charge in [-0.05, 0) is 24.8 Å². The van der Waals surface area contributed by atoms with E-state index in [0.29, 0.717) is 6.42 Å². The number of hydrogen-bond acceptors (Lipinski definition) is 2. The lowest BCUT2D eigenvalue weighted by Gasteiger charge is -2.31. The van der Waals surface area contributed by atoms with Crippen molar-refractivity contribution in [3.8, 4) is 0 Å². The summed E-state index contributed by atoms with van der Waals surface area (Å²) in [5.41, 5.74) is 1.04. The molecule has 0 heterocycles. The topological polar surface area (TPSA) is 46.2 Å². The van der Waals surface area contributed by atoms with E-state index < -0.39 is 10.0 Å². The van der Waals surface area contributed by atoms with Crippen LogP contribution in [0.2, 0.25) is 0 Å². The summed E-state index contributed by atoms with van der Waals surface area (Å²) in [5, 5.41) is 0.136. The molecule has 0 atom stereocenters. The Labute approximate surface area is 107 Å². The molecule has 0 radical (unpaired) electrons. The first kappa shape index (κ1) is 12.9. The molecule has 94 valence electrons. The lowest BCUT2D eigenvalue weighted by atomic mass is 9.94. The molecule has 2 rings (SSSR count). The van der Waals surface area contributed by atoms with Crippen molar-refractivity contribution >= 4 is 21.6 Å². The van der Waals surface area contributed by atoms with Gasteiger partial charge in [0.25, 0.3) is 0 Å². The van der Waals surface area contributed by atoms with Crippen LogP contribution in [-0.2, 0) is 16.4 Å². The molecular weight excluding hydrogens is 258 g/mol. The van der Waals surface area contributed by atoms with Gasteiger partial charge in [-0.3, -0.25) is 0 Å². The van der Waals surface area contributed by atoms with Crippen LogP contribution in [0.15, 0.2) is 30.3 Å². The van der Waals surface area contributed by atoms with Crippen molar-refractivity contribution in [1.82, 2.24) is 4.72 Å². The third-order valence-corrected chi connectivity index (χ3v) is 4.72. The molecular formula is C12H16ClNO2S. The Bertz CT molecular complexity index is 455. The summed E-state index contributed by atoms with van der Waals surface area (Å²) in [6.07, 6.45) is 2.03. The second-order valence-electron chi connectivity index (χ2n) is 4.44. The van der Waals surface area contributed by atoms with Gasteiger partial charge in [0, 0.05) is 11.4 Å². The van der Waals surface area contributed by atoms with Gasteiger partial charge in [0.1, 0.15) is 0 Å². The van der Waals surface area contributed by atoms with Gasteiger partial charge < -0.3 is 0 Å². The second kappa shape index (κ2) is 5.38. The van der Waals surface area contributed by atoms with Crippen molar-refractivity contribution in [2.75, 3.05) is 5.75 Å². The number of aryl methyl sites for hydroxylation is 1. The fourth-order valence-electron chi connectivity index (χ4n) is 1.85.